The molecule has 0 radical (unpaired) electrons. The van der Waals surface area contributed by atoms with Gasteiger partial charge in [0.05, 0.1) is 11.4 Å². The van der Waals surface area contributed by atoms with Crippen molar-refractivity contribution in [3.63, 3.8) is 0 Å². The summed E-state index contributed by atoms with van der Waals surface area (Å²) >= 11 is 0. The summed E-state index contributed by atoms with van der Waals surface area (Å²) in [5, 5.41) is 2.91. The summed E-state index contributed by atoms with van der Waals surface area (Å²) in [4.78, 5) is 12.5. The van der Waals surface area contributed by atoms with Crippen LogP contribution in [0.3, 0.4) is 0 Å². The van der Waals surface area contributed by atoms with Gasteiger partial charge in [-0.3, -0.25) is 9.36 Å². The first-order chi connectivity index (χ1) is 13.3. The molecule has 1 N–H and O–H groups in total. The fourth-order valence-electron chi connectivity index (χ4n) is 3.57. The lowest BCUT2D eigenvalue weighted by molar-refractivity contribution is -0.289. The largest absolute Gasteiger partial charge is 0.481 e. The number of hydrogen-bond donors (Lipinski definition) is 1. The van der Waals surface area contributed by atoms with Gasteiger partial charge in [-0.1, -0.05) is 6.07 Å². The van der Waals surface area contributed by atoms with Gasteiger partial charge in [-0.25, -0.2) is 0 Å². The SMILES string of the molecule is CNC1=C(n2ccccc2=O)c2c(ccc(C(F)(F)C(F)(F)F)c2C)OC1(C)C. The van der Waals surface area contributed by atoms with E-state index in [1.807, 2.05) is 0 Å². The van der Waals surface area contributed by atoms with Crippen LogP contribution in [-0.2, 0) is 5.92 Å². The maximum absolute atomic E-state index is 14.2. The molecule has 4 nitrogen and oxygen atoms in total. The number of ether oxygens (including phenoxy) is 1. The minimum Gasteiger partial charge on any atom is -0.481 e. The average Bonchev–Trinajstić information content (AvgIpc) is 2.59. The van der Waals surface area contributed by atoms with Crippen LogP contribution in [0.15, 0.2) is 47.0 Å². The number of rotatable bonds is 3. The first-order valence-corrected chi connectivity index (χ1v) is 8.71. The fraction of sp³-hybridized carbons (Fsp3) is 0.350. The number of nitrogens with zero attached hydrogens (tertiary/aromatic N) is 1. The summed E-state index contributed by atoms with van der Waals surface area (Å²) in [6.07, 6.45) is -4.34. The zero-order valence-electron chi connectivity index (χ0n) is 16.1. The molecule has 156 valence electrons. The van der Waals surface area contributed by atoms with Gasteiger partial charge < -0.3 is 10.1 Å². The van der Waals surface area contributed by atoms with E-state index in [1.165, 1.54) is 22.9 Å². The zero-order chi connectivity index (χ0) is 21.8. The molecule has 1 aliphatic heterocycles. The number of pyridine rings is 1. The molecule has 2 heterocycles. The van der Waals surface area contributed by atoms with Crippen molar-refractivity contribution in [3.8, 4) is 5.75 Å². The van der Waals surface area contributed by atoms with Crippen LogP contribution in [0.4, 0.5) is 22.0 Å². The molecule has 2 aromatic rings. The fourth-order valence-corrected chi connectivity index (χ4v) is 3.57. The van der Waals surface area contributed by atoms with Crippen molar-refractivity contribution >= 4 is 5.70 Å². The van der Waals surface area contributed by atoms with E-state index in [0.29, 0.717) is 11.8 Å². The molecule has 3 rings (SSSR count). The maximum atomic E-state index is 14.2. The lowest BCUT2D eigenvalue weighted by Gasteiger charge is -2.38. The van der Waals surface area contributed by atoms with E-state index in [0.717, 1.165) is 13.0 Å². The third-order valence-corrected chi connectivity index (χ3v) is 4.88. The van der Waals surface area contributed by atoms with E-state index in [-0.39, 0.29) is 22.6 Å². The van der Waals surface area contributed by atoms with Crippen LogP contribution in [0.1, 0.15) is 30.5 Å². The zero-order valence-corrected chi connectivity index (χ0v) is 16.1. The summed E-state index contributed by atoms with van der Waals surface area (Å²) in [5.74, 6) is -4.95. The van der Waals surface area contributed by atoms with Crippen molar-refractivity contribution in [3.05, 3.63) is 69.3 Å². The number of halogens is 5. The van der Waals surface area contributed by atoms with Gasteiger partial charge in [0, 0.05) is 30.4 Å². The number of likely N-dealkylation sites (N-methyl/N-ethyl adjacent to an activating group) is 1. The standard InChI is InChI=1S/C20H19F5N2O2/c1-11-12(19(21,22)20(23,24)25)8-9-13-15(11)16(17(26-4)18(2,3)29-13)27-10-6-5-7-14(27)28/h5-10,26H,1-4H3. The molecular weight excluding hydrogens is 395 g/mol. The van der Waals surface area contributed by atoms with Gasteiger partial charge in [0.1, 0.15) is 11.4 Å². The smallest absolute Gasteiger partial charge is 0.458 e. The Bertz CT molecular complexity index is 1050. The highest BCUT2D eigenvalue weighted by Gasteiger charge is 2.59. The lowest BCUT2D eigenvalue weighted by Crippen LogP contribution is -2.43. The number of alkyl halides is 5. The normalized spacial score (nSPS) is 16.3. The predicted octanol–water partition coefficient (Wildman–Crippen LogP) is 4.42. The molecule has 0 fully saturated rings. The Balaban J connectivity index is 2.43. The Morgan fingerprint density at radius 2 is 1.72 bits per heavy atom. The lowest BCUT2D eigenvalue weighted by atomic mass is 9.88. The van der Waals surface area contributed by atoms with E-state index in [4.69, 9.17) is 4.74 Å². The molecule has 1 aromatic carbocycles. The maximum Gasteiger partial charge on any atom is 0.458 e. The second-order valence-electron chi connectivity index (χ2n) is 7.18. The van der Waals surface area contributed by atoms with Gasteiger partial charge in [0.2, 0.25) is 0 Å². The summed E-state index contributed by atoms with van der Waals surface area (Å²) in [5.41, 5.74) is -2.43. The van der Waals surface area contributed by atoms with Crippen molar-refractivity contribution in [1.29, 1.82) is 0 Å². The van der Waals surface area contributed by atoms with Crippen molar-refractivity contribution in [2.75, 3.05) is 7.05 Å². The van der Waals surface area contributed by atoms with Gasteiger partial charge >= 0.3 is 12.1 Å². The molecule has 0 spiro atoms. The summed E-state index contributed by atoms with van der Waals surface area (Å²) in [6, 6.07) is 6.14. The molecule has 0 atom stereocenters. The molecule has 9 heteroatoms. The van der Waals surface area contributed by atoms with Crippen LogP contribution in [0.5, 0.6) is 5.75 Å². The Hall–Kier alpha value is -2.84. The molecule has 1 aliphatic rings. The molecule has 0 saturated heterocycles. The van der Waals surface area contributed by atoms with Crippen LogP contribution in [0, 0.1) is 6.92 Å². The van der Waals surface area contributed by atoms with Gasteiger partial charge in [0.15, 0.2) is 0 Å². The number of nitrogens with one attached hydrogen (secondary N) is 1. The Morgan fingerprint density at radius 3 is 2.28 bits per heavy atom. The van der Waals surface area contributed by atoms with Crippen LogP contribution < -0.4 is 15.6 Å². The van der Waals surface area contributed by atoms with Crippen molar-refractivity contribution in [2.24, 2.45) is 0 Å². The molecule has 0 unspecified atom stereocenters. The Labute approximate surface area is 163 Å². The van der Waals surface area contributed by atoms with E-state index in [2.05, 4.69) is 5.32 Å². The number of benzene rings is 1. The van der Waals surface area contributed by atoms with E-state index in [9.17, 15) is 26.7 Å². The first-order valence-electron chi connectivity index (χ1n) is 8.71. The highest BCUT2D eigenvalue weighted by molar-refractivity contribution is 5.79. The topological polar surface area (TPSA) is 43.3 Å². The van der Waals surface area contributed by atoms with Crippen molar-refractivity contribution in [2.45, 2.75) is 38.5 Å². The first kappa shape index (κ1) is 20.9. The van der Waals surface area contributed by atoms with E-state index < -0.39 is 28.8 Å². The second kappa shape index (κ2) is 6.60. The third-order valence-electron chi connectivity index (χ3n) is 4.88. The monoisotopic (exact) mass is 414 g/mol. The molecule has 0 saturated carbocycles. The van der Waals surface area contributed by atoms with Crippen molar-refractivity contribution in [1.82, 2.24) is 9.88 Å². The number of hydrogen-bond acceptors (Lipinski definition) is 3. The highest BCUT2D eigenvalue weighted by atomic mass is 19.4. The van der Waals surface area contributed by atoms with Gasteiger partial charge in [0.25, 0.3) is 5.56 Å². The minimum atomic E-state index is -5.76. The predicted molar refractivity (Wildman–Crippen MR) is 97.9 cm³/mol. The number of aromatic nitrogens is 1. The van der Waals surface area contributed by atoms with Crippen LogP contribution >= 0.6 is 0 Å². The summed E-state index contributed by atoms with van der Waals surface area (Å²) in [7, 11) is 1.56. The Kier molecular flexibility index (Phi) is 4.76. The molecule has 0 amide bonds. The van der Waals surface area contributed by atoms with Crippen LogP contribution in [0.2, 0.25) is 0 Å². The quantitative estimate of drug-likeness (QED) is 0.757. The molecule has 0 bridgehead atoms. The van der Waals surface area contributed by atoms with E-state index >= 15 is 0 Å². The summed E-state index contributed by atoms with van der Waals surface area (Å²) < 4.78 is 74.5. The van der Waals surface area contributed by atoms with Gasteiger partial charge in [-0.2, -0.15) is 22.0 Å². The van der Waals surface area contributed by atoms with E-state index in [1.54, 1.807) is 27.0 Å². The third kappa shape index (κ3) is 3.18. The molecule has 1 aromatic heterocycles. The van der Waals surface area contributed by atoms with Crippen LogP contribution in [-0.4, -0.2) is 23.4 Å². The molecule has 0 aliphatic carbocycles. The molecular formula is C20H19F5N2O2. The molecule has 29 heavy (non-hydrogen) atoms. The Morgan fingerprint density at radius 1 is 1.07 bits per heavy atom. The summed E-state index contributed by atoms with van der Waals surface area (Å²) in [6.45, 7) is 4.56. The number of fused-ring (bicyclic) bond motifs is 1. The van der Waals surface area contributed by atoms with Crippen LogP contribution in [0.25, 0.3) is 5.70 Å². The van der Waals surface area contributed by atoms with Crippen molar-refractivity contribution < 1.29 is 26.7 Å². The highest BCUT2D eigenvalue weighted by Crippen LogP contribution is 2.49. The second-order valence-corrected chi connectivity index (χ2v) is 7.18. The van der Waals surface area contributed by atoms with Gasteiger partial charge in [-0.15, -0.1) is 0 Å². The van der Waals surface area contributed by atoms with Gasteiger partial charge in [-0.05, 0) is 44.5 Å². The minimum absolute atomic E-state index is 0.00315. The average molecular weight is 414 g/mol.